The largest absolute Gasteiger partial charge is 0.484 e. The quantitative estimate of drug-likeness (QED) is 0.437. The van der Waals surface area contributed by atoms with Gasteiger partial charge in [-0.2, -0.15) is 0 Å². The van der Waals surface area contributed by atoms with Crippen LogP contribution in [0.4, 0.5) is 5.69 Å². The van der Waals surface area contributed by atoms with E-state index in [0.717, 1.165) is 9.26 Å². The molecule has 3 aromatic carbocycles. The maximum absolute atomic E-state index is 12.3. The van der Waals surface area contributed by atoms with Crippen LogP contribution in [-0.2, 0) is 4.79 Å². The van der Waals surface area contributed by atoms with Gasteiger partial charge in [0, 0.05) is 20.4 Å². The Balaban J connectivity index is 1.55. The molecule has 4 nitrogen and oxygen atoms in total. The number of ether oxygens (including phenoxy) is 1. The average Bonchev–Trinajstić information content (AvgIpc) is 2.69. The van der Waals surface area contributed by atoms with Crippen molar-refractivity contribution in [3.63, 3.8) is 0 Å². The van der Waals surface area contributed by atoms with Gasteiger partial charge in [0.1, 0.15) is 5.75 Å². The first-order chi connectivity index (χ1) is 12.6. The number of rotatable bonds is 6. The molecule has 3 rings (SSSR count). The molecule has 0 heterocycles. The normalized spacial score (nSPS) is 10.2. The van der Waals surface area contributed by atoms with Gasteiger partial charge in [-0.15, -0.1) is 0 Å². The van der Waals surface area contributed by atoms with E-state index in [9.17, 15) is 9.59 Å². The highest BCUT2D eigenvalue weighted by molar-refractivity contribution is 14.1. The zero-order valence-corrected chi connectivity index (χ0v) is 16.0. The van der Waals surface area contributed by atoms with Crippen LogP contribution in [0.5, 0.6) is 5.75 Å². The summed E-state index contributed by atoms with van der Waals surface area (Å²) >= 11 is 2.20. The summed E-state index contributed by atoms with van der Waals surface area (Å²) in [6, 6.07) is 23.4. The summed E-state index contributed by atoms with van der Waals surface area (Å²) in [6.07, 6.45) is 0. The van der Waals surface area contributed by atoms with Crippen LogP contribution < -0.4 is 10.1 Å². The highest BCUT2D eigenvalue weighted by Gasteiger charge is 2.09. The van der Waals surface area contributed by atoms with Crippen LogP contribution in [0.3, 0.4) is 0 Å². The summed E-state index contributed by atoms with van der Waals surface area (Å²) in [6.45, 7) is -0.0992. The molecule has 5 heteroatoms. The lowest BCUT2D eigenvalue weighted by Crippen LogP contribution is -2.20. The second-order valence-corrected chi connectivity index (χ2v) is 6.81. The smallest absolute Gasteiger partial charge is 0.262 e. The van der Waals surface area contributed by atoms with Crippen molar-refractivity contribution >= 4 is 40.0 Å². The van der Waals surface area contributed by atoms with Gasteiger partial charge in [-0.3, -0.25) is 9.59 Å². The maximum Gasteiger partial charge on any atom is 0.262 e. The Labute approximate surface area is 165 Å². The number of benzene rings is 3. The maximum atomic E-state index is 12.3. The van der Waals surface area contributed by atoms with E-state index in [1.54, 1.807) is 36.4 Å². The molecule has 0 bridgehead atoms. The Kier molecular flexibility index (Phi) is 6.01. The average molecular weight is 457 g/mol. The molecule has 0 aliphatic carbocycles. The molecule has 1 N–H and O–H groups in total. The van der Waals surface area contributed by atoms with Crippen molar-refractivity contribution in [1.29, 1.82) is 0 Å². The third-order valence-corrected chi connectivity index (χ3v) is 4.37. The number of carbonyl (C=O) groups excluding carboxylic acids is 2. The summed E-state index contributed by atoms with van der Waals surface area (Å²) < 4.78 is 6.58. The summed E-state index contributed by atoms with van der Waals surface area (Å²) in [5.41, 5.74) is 1.94. The van der Waals surface area contributed by atoms with Crippen molar-refractivity contribution in [1.82, 2.24) is 0 Å². The van der Waals surface area contributed by atoms with Crippen LogP contribution in [0.1, 0.15) is 15.9 Å². The molecule has 1 amide bonds. The fourth-order valence-corrected chi connectivity index (χ4v) is 2.70. The fraction of sp³-hybridized carbons (Fsp3) is 0.0476. The minimum Gasteiger partial charge on any atom is -0.484 e. The minimum absolute atomic E-state index is 0.0476. The van der Waals surface area contributed by atoms with Gasteiger partial charge in [-0.05, 0) is 71.1 Å². The van der Waals surface area contributed by atoms with Crippen LogP contribution in [0.2, 0.25) is 0 Å². The molecule has 0 atom stereocenters. The Hall–Kier alpha value is -2.67. The summed E-state index contributed by atoms with van der Waals surface area (Å²) in [5.74, 6) is 0.247. The molecule has 0 spiro atoms. The Bertz CT molecular complexity index is 891. The molecule has 0 radical (unpaired) electrons. The first-order valence-electron chi connectivity index (χ1n) is 8.00. The molecule has 0 aromatic heterocycles. The van der Waals surface area contributed by atoms with E-state index in [2.05, 4.69) is 27.9 Å². The topological polar surface area (TPSA) is 55.4 Å². The van der Waals surface area contributed by atoms with E-state index in [-0.39, 0.29) is 18.3 Å². The molecule has 3 aromatic rings. The molecule has 0 saturated heterocycles. The van der Waals surface area contributed by atoms with E-state index in [0.29, 0.717) is 16.9 Å². The number of ketones is 1. The predicted octanol–water partition coefficient (Wildman–Crippen LogP) is 4.54. The third kappa shape index (κ3) is 4.92. The number of nitrogens with one attached hydrogen (secondary N) is 1. The fourth-order valence-electron chi connectivity index (χ4n) is 2.34. The number of halogens is 1. The number of hydrogen-bond acceptors (Lipinski definition) is 3. The number of hydrogen-bond donors (Lipinski definition) is 1. The molecule has 0 aliphatic heterocycles. The van der Waals surface area contributed by atoms with Crippen molar-refractivity contribution in [2.45, 2.75) is 0 Å². The van der Waals surface area contributed by atoms with Crippen molar-refractivity contribution in [2.75, 3.05) is 11.9 Å². The van der Waals surface area contributed by atoms with E-state index >= 15 is 0 Å². The molecule has 0 saturated carbocycles. The summed E-state index contributed by atoms with van der Waals surface area (Å²) in [7, 11) is 0. The lowest BCUT2D eigenvalue weighted by atomic mass is 10.0. The molecular formula is C21H16INO3. The predicted molar refractivity (Wildman–Crippen MR) is 110 cm³/mol. The lowest BCUT2D eigenvalue weighted by Gasteiger charge is -2.08. The van der Waals surface area contributed by atoms with Crippen LogP contribution in [0, 0.1) is 3.57 Å². The van der Waals surface area contributed by atoms with E-state index in [1.807, 2.05) is 42.5 Å². The third-order valence-electron chi connectivity index (χ3n) is 3.65. The molecule has 0 aliphatic rings. The van der Waals surface area contributed by atoms with Gasteiger partial charge in [0.2, 0.25) is 0 Å². The highest BCUT2D eigenvalue weighted by atomic mass is 127. The zero-order valence-electron chi connectivity index (χ0n) is 13.8. The van der Waals surface area contributed by atoms with E-state index in [4.69, 9.17) is 4.74 Å². The van der Waals surface area contributed by atoms with Crippen LogP contribution in [-0.4, -0.2) is 18.3 Å². The van der Waals surface area contributed by atoms with Crippen molar-refractivity contribution < 1.29 is 14.3 Å². The van der Waals surface area contributed by atoms with Crippen LogP contribution in [0.25, 0.3) is 0 Å². The lowest BCUT2D eigenvalue weighted by molar-refractivity contribution is -0.118. The van der Waals surface area contributed by atoms with Crippen molar-refractivity contribution in [3.05, 3.63) is 93.6 Å². The van der Waals surface area contributed by atoms with Gasteiger partial charge < -0.3 is 10.1 Å². The number of amides is 1. The molecule has 0 unspecified atom stereocenters. The molecule has 26 heavy (non-hydrogen) atoms. The van der Waals surface area contributed by atoms with Gasteiger partial charge in [0.05, 0.1) is 0 Å². The van der Waals surface area contributed by atoms with E-state index < -0.39 is 0 Å². The molecule has 130 valence electrons. The first kappa shape index (κ1) is 18.1. The van der Waals surface area contributed by atoms with E-state index in [1.165, 1.54) is 0 Å². The minimum atomic E-state index is -0.240. The molecular weight excluding hydrogens is 441 g/mol. The first-order valence-corrected chi connectivity index (χ1v) is 9.08. The number of carbonyl (C=O) groups is 2. The van der Waals surface area contributed by atoms with Gasteiger partial charge in [0.25, 0.3) is 5.91 Å². The Morgan fingerprint density at radius 1 is 0.808 bits per heavy atom. The second-order valence-electron chi connectivity index (χ2n) is 5.56. The standard InChI is InChI=1S/C21H16INO3/c22-17-8-10-18(11-9-17)23-20(24)14-26-19-12-6-16(7-13-19)21(25)15-4-2-1-3-5-15/h1-13H,14H2,(H,23,24). The van der Waals surface area contributed by atoms with Gasteiger partial charge in [-0.1, -0.05) is 30.3 Å². The SMILES string of the molecule is O=C(COc1ccc(C(=O)c2ccccc2)cc1)Nc1ccc(I)cc1. The van der Waals surface area contributed by atoms with Crippen LogP contribution >= 0.6 is 22.6 Å². The zero-order chi connectivity index (χ0) is 18.4. The Morgan fingerprint density at radius 2 is 1.42 bits per heavy atom. The summed E-state index contributed by atoms with van der Waals surface area (Å²) in [4.78, 5) is 24.3. The van der Waals surface area contributed by atoms with Crippen LogP contribution in [0.15, 0.2) is 78.9 Å². The van der Waals surface area contributed by atoms with Crippen molar-refractivity contribution in [2.24, 2.45) is 0 Å². The second kappa shape index (κ2) is 8.62. The monoisotopic (exact) mass is 457 g/mol. The number of anilines is 1. The van der Waals surface area contributed by atoms with Crippen molar-refractivity contribution in [3.8, 4) is 5.75 Å². The summed E-state index contributed by atoms with van der Waals surface area (Å²) in [5, 5.41) is 2.77. The van der Waals surface area contributed by atoms with Gasteiger partial charge >= 0.3 is 0 Å². The molecule has 0 fully saturated rings. The van der Waals surface area contributed by atoms with Gasteiger partial charge in [0.15, 0.2) is 12.4 Å². The van der Waals surface area contributed by atoms with Gasteiger partial charge in [-0.25, -0.2) is 0 Å². The Morgan fingerprint density at radius 3 is 2.08 bits per heavy atom. The highest BCUT2D eigenvalue weighted by Crippen LogP contribution is 2.16.